The van der Waals surface area contributed by atoms with Gasteiger partial charge in [-0.15, -0.1) is 0 Å². The first kappa shape index (κ1) is 15.8. The van der Waals surface area contributed by atoms with Crippen molar-refractivity contribution in [2.45, 2.75) is 25.9 Å². The Balaban J connectivity index is 1.81. The number of aryl methyl sites for hydroxylation is 1. The van der Waals surface area contributed by atoms with Gasteiger partial charge < -0.3 is 14.4 Å². The van der Waals surface area contributed by atoms with Gasteiger partial charge in [0.05, 0.1) is 12.4 Å². The van der Waals surface area contributed by atoms with Gasteiger partial charge in [-0.05, 0) is 49.1 Å². The number of hydrogen-bond donors (Lipinski definition) is 1. The van der Waals surface area contributed by atoms with E-state index in [0.717, 1.165) is 41.8 Å². The second-order valence-corrected chi connectivity index (χ2v) is 6.34. The summed E-state index contributed by atoms with van der Waals surface area (Å²) in [4.78, 5) is 15.5. The number of nitrogens with zero attached hydrogens (tertiary/aromatic N) is 4. The maximum atomic E-state index is 9.94. The lowest BCUT2D eigenvalue weighted by atomic mass is 10.0. The summed E-state index contributed by atoms with van der Waals surface area (Å²) in [5, 5.41) is 9.94. The van der Waals surface area contributed by atoms with Gasteiger partial charge in [-0.25, -0.2) is 9.97 Å². The molecule has 0 amide bonds. The van der Waals surface area contributed by atoms with Crippen molar-refractivity contribution in [3.63, 3.8) is 0 Å². The Bertz CT molecular complexity index is 864. The third-order valence-electron chi connectivity index (χ3n) is 4.52. The van der Waals surface area contributed by atoms with E-state index in [2.05, 4.69) is 9.97 Å². The second kappa shape index (κ2) is 6.64. The zero-order chi connectivity index (χ0) is 17.2. The van der Waals surface area contributed by atoms with Crippen LogP contribution in [0.4, 0.5) is 5.95 Å². The van der Waals surface area contributed by atoms with Crippen molar-refractivity contribution in [1.29, 1.82) is 0 Å². The van der Waals surface area contributed by atoms with Crippen LogP contribution in [-0.4, -0.2) is 39.3 Å². The topological polar surface area (TPSA) is 75.3 Å². The van der Waals surface area contributed by atoms with Crippen molar-refractivity contribution in [3.05, 3.63) is 48.6 Å². The molecule has 1 atom stereocenters. The molecule has 0 spiro atoms. The molecule has 3 aromatic heterocycles. The fourth-order valence-electron chi connectivity index (χ4n) is 3.24. The van der Waals surface area contributed by atoms with Crippen LogP contribution in [0.3, 0.4) is 0 Å². The first-order valence-corrected chi connectivity index (χ1v) is 8.47. The minimum atomic E-state index is -0.327. The van der Waals surface area contributed by atoms with Gasteiger partial charge in [0.15, 0.2) is 5.76 Å². The SMILES string of the molecule is Cc1cnccc1-c1cnc(N2CCCC(O)C2)nc1-c1ccco1. The molecule has 4 rings (SSSR count). The number of β-amino-alcohol motifs (C(OH)–C–C–N with tert-alkyl or cyclic N) is 1. The van der Waals surface area contributed by atoms with Gasteiger partial charge in [-0.3, -0.25) is 4.98 Å². The second-order valence-electron chi connectivity index (χ2n) is 6.34. The molecule has 1 saturated heterocycles. The number of anilines is 1. The van der Waals surface area contributed by atoms with E-state index < -0.39 is 0 Å². The lowest BCUT2D eigenvalue weighted by Gasteiger charge is -2.30. The van der Waals surface area contributed by atoms with Gasteiger partial charge in [-0.2, -0.15) is 0 Å². The van der Waals surface area contributed by atoms with Crippen LogP contribution < -0.4 is 4.90 Å². The largest absolute Gasteiger partial charge is 0.463 e. The molecule has 0 aromatic carbocycles. The standard InChI is InChI=1S/C19H20N4O2/c1-13-10-20-7-6-15(13)16-11-21-19(23-8-2-4-14(24)12-23)22-18(16)17-5-3-9-25-17/h3,5-7,9-11,14,24H,2,4,8,12H2,1H3. The van der Waals surface area contributed by atoms with Crippen LogP contribution in [0.25, 0.3) is 22.6 Å². The molecule has 1 N–H and O–H groups in total. The molecule has 1 aliphatic rings. The van der Waals surface area contributed by atoms with Gasteiger partial charge >= 0.3 is 0 Å². The molecular weight excluding hydrogens is 316 g/mol. The lowest BCUT2D eigenvalue weighted by Crippen LogP contribution is -2.39. The Kier molecular flexibility index (Phi) is 4.19. The number of rotatable bonds is 3. The Morgan fingerprint density at radius 3 is 2.92 bits per heavy atom. The third-order valence-corrected chi connectivity index (χ3v) is 4.52. The molecule has 0 radical (unpaired) electrons. The summed E-state index contributed by atoms with van der Waals surface area (Å²) in [5.41, 5.74) is 3.76. The monoisotopic (exact) mass is 336 g/mol. The van der Waals surface area contributed by atoms with E-state index in [1.165, 1.54) is 0 Å². The first-order valence-electron chi connectivity index (χ1n) is 8.47. The highest BCUT2D eigenvalue weighted by Crippen LogP contribution is 2.33. The molecular formula is C19H20N4O2. The maximum absolute atomic E-state index is 9.94. The van der Waals surface area contributed by atoms with E-state index in [4.69, 9.17) is 9.40 Å². The average molecular weight is 336 g/mol. The highest BCUT2D eigenvalue weighted by atomic mass is 16.3. The van der Waals surface area contributed by atoms with Crippen molar-refractivity contribution in [3.8, 4) is 22.6 Å². The zero-order valence-corrected chi connectivity index (χ0v) is 14.1. The predicted octanol–water partition coefficient (Wildman–Crippen LogP) is 3.07. The Morgan fingerprint density at radius 2 is 2.16 bits per heavy atom. The summed E-state index contributed by atoms with van der Waals surface area (Å²) in [6.45, 7) is 3.43. The van der Waals surface area contributed by atoms with Gasteiger partial charge in [-0.1, -0.05) is 0 Å². The highest BCUT2D eigenvalue weighted by Gasteiger charge is 2.22. The summed E-state index contributed by atoms with van der Waals surface area (Å²) in [7, 11) is 0. The molecule has 6 heteroatoms. The number of hydrogen-bond acceptors (Lipinski definition) is 6. The summed E-state index contributed by atoms with van der Waals surface area (Å²) >= 11 is 0. The average Bonchev–Trinajstić information content (AvgIpc) is 3.16. The van der Waals surface area contributed by atoms with Crippen molar-refractivity contribution < 1.29 is 9.52 Å². The molecule has 25 heavy (non-hydrogen) atoms. The van der Waals surface area contributed by atoms with Gasteiger partial charge in [0.25, 0.3) is 0 Å². The zero-order valence-electron chi connectivity index (χ0n) is 14.1. The van der Waals surface area contributed by atoms with Crippen LogP contribution in [0.1, 0.15) is 18.4 Å². The van der Waals surface area contributed by atoms with E-state index in [1.807, 2.05) is 42.4 Å². The summed E-state index contributed by atoms with van der Waals surface area (Å²) in [6.07, 6.45) is 8.52. The fraction of sp³-hybridized carbons (Fsp3) is 0.316. The van der Waals surface area contributed by atoms with Crippen molar-refractivity contribution in [1.82, 2.24) is 15.0 Å². The van der Waals surface area contributed by atoms with E-state index in [-0.39, 0.29) is 6.10 Å². The Morgan fingerprint density at radius 1 is 1.24 bits per heavy atom. The minimum absolute atomic E-state index is 0.327. The predicted molar refractivity (Wildman–Crippen MR) is 95.2 cm³/mol. The minimum Gasteiger partial charge on any atom is -0.463 e. The molecule has 4 heterocycles. The van der Waals surface area contributed by atoms with Gasteiger partial charge in [0.2, 0.25) is 5.95 Å². The summed E-state index contributed by atoms with van der Waals surface area (Å²) in [5.74, 6) is 1.33. The van der Waals surface area contributed by atoms with E-state index in [0.29, 0.717) is 18.3 Å². The van der Waals surface area contributed by atoms with Crippen molar-refractivity contribution in [2.75, 3.05) is 18.0 Å². The van der Waals surface area contributed by atoms with Crippen LogP contribution in [-0.2, 0) is 0 Å². The quantitative estimate of drug-likeness (QED) is 0.792. The van der Waals surface area contributed by atoms with E-state index in [9.17, 15) is 5.11 Å². The molecule has 0 bridgehead atoms. The van der Waals surface area contributed by atoms with Crippen LogP contribution >= 0.6 is 0 Å². The van der Waals surface area contributed by atoms with Crippen LogP contribution in [0.2, 0.25) is 0 Å². The van der Waals surface area contributed by atoms with Crippen LogP contribution in [0, 0.1) is 6.92 Å². The smallest absolute Gasteiger partial charge is 0.226 e. The van der Waals surface area contributed by atoms with Crippen LogP contribution in [0.5, 0.6) is 0 Å². The number of piperidine rings is 1. The number of furan rings is 1. The summed E-state index contributed by atoms with van der Waals surface area (Å²) in [6, 6.07) is 5.72. The molecule has 6 nitrogen and oxygen atoms in total. The normalized spacial score (nSPS) is 17.7. The van der Waals surface area contributed by atoms with E-state index in [1.54, 1.807) is 12.5 Å². The Labute approximate surface area is 146 Å². The fourth-order valence-corrected chi connectivity index (χ4v) is 3.24. The van der Waals surface area contributed by atoms with Crippen molar-refractivity contribution >= 4 is 5.95 Å². The molecule has 1 unspecified atom stereocenters. The number of aliphatic hydroxyl groups excluding tert-OH is 1. The summed E-state index contributed by atoms with van der Waals surface area (Å²) < 4.78 is 5.61. The van der Waals surface area contributed by atoms with Gasteiger partial charge in [0, 0.05) is 37.2 Å². The molecule has 0 aliphatic carbocycles. The number of aliphatic hydroxyl groups is 1. The molecule has 3 aromatic rings. The lowest BCUT2D eigenvalue weighted by molar-refractivity contribution is 0.153. The number of aromatic nitrogens is 3. The van der Waals surface area contributed by atoms with E-state index >= 15 is 0 Å². The molecule has 1 fully saturated rings. The highest BCUT2D eigenvalue weighted by molar-refractivity contribution is 5.80. The van der Waals surface area contributed by atoms with Crippen molar-refractivity contribution in [2.24, 2.45) is 0 Å². The molecule has 128 valence electrons. The van der Waals surface area contributed by atoms with Crippen LogP contribution in [0.15, 0.2) is 47.5 Å². The Hall–Kier alpha value is -2.73. The molecule has 0 saturated carbocycles. The third kappa shape index (κ3) is 3.13. The maximum Gasteiger partial charge on any atom is 0.226 e. The number of pyridine rings is 1. The molecule has 1 aliphatic heterocycles. The first-order chi connectivity index (χ1) is 12.2. The van der Waals surface area contributed by atoms with Gasteiger partial charge in [0.1, 0.15) is 5.69 Å².